The number of hydrogen-bond acceptors (Lipinski definition) is 3. The molecule has 5 nitrogen and oxygen atoms in total. The van der Waals surface area contributed by atoms with Crippen molar-refractivity contribution >= 4 is 11.9 Å². The molecule has 1 amide bonds. The Hall–Kier alpha value is -2.04. The van der Waals surface area contributed by atoms with Crippen molar-refractivity contribution in [2.75, 3.05) is 13.7 Å². The second-order valence-electron chi connectivity index (χ2n) is 4.69. The van der Waals surface area contributed by atoms with Gasteiger partial charge in [-0.05, 0) is 19.4 Å². The van der Waals surface area contributed by atoms with Crippen molar-refractivity contribution in [3.63, 3.8) is 0 Å². The fourth-order valence-electron chi connectivity index (χ4n) is 2.20. The molecule has 2 rings (SSSR count). The molecule has 0 saturated heterocycles. The molecule has 19 heavy (non-hydrogen) atoms. The summed E-state index contributed by atoms with van der Waals surface area (Å²) in [6.45, 7) is 1.98. The molecule has 0 fully saturated rings. The predicted octanol–water partition coefficient (Wildman–Crippen LogP) is 1.48. The fourth-order valence-corrected chi connectivity index (χ4v) is 2.20. The molecule has 2 unspecified atom stereocenters. The molecule has 1 aromatic carbocycles. The zero-order valence-electron chi connectivity index (χ0n) is 11.0. The first-order valence-electron chi connectivity index (χ1n) is 6.23. The Morgan fingerprint density at radius 2 is 2.11 bits per heavy atom. The standard InChI is InChI=1S/C14H17NO4/c1-9(14(17)18)15(2)13(16)11-7-8-19-12-6-4-3-5-10(11)12/h3-6,9,11H,7-8H2,1-2H3,(H,17,18). The molecule has 0 aliphatic carbocycles. The molecule has 1 aliphatic heterocycles. The number of amides is 1. The topological polar surface area (TPSA) is 66.8 Å². The summed E-state index contributed by atoms with van der Waals surface area (Å²) in [4.78, 5) is 24.7. The minimum atomic E-state index is -1.00. The van der Waals surface area contributed by atoms with Crippen molar-refractivity contribution in [2.45, 2.75) is 25.3 Å². The van der Waals surface area contributed by atoms with Crippen molar-refractivity contribution in [2.24, 2.45) is 0 Å². The van der Waals surface area contributed by atoms with Crippen molar-refractivity contribution in [1.29, 1.82) is 0 Å². The summed E-state index contributed by atoms with van der Waals surface area (Å²) in [6.07, 6.45) is 0.576. The number of nitrogens with zero attached hydrogens (tertiary/aromatic N) is 1. The monoisotopic (exact) mass is 263 g/mol. The minimum absolute atomic E-state index is 0.175. The van der Waals surface area contributed by atoms with Gasteiger partial charge in [-0.2, -0.15) is 0 Å². The number of ether oxygens (including phenoxy) is 1. The van der Waals surface area contributed by atoms with Gasteiger partial charge in [-0.3, -0.25) is 4.79 Å². The van der Waals surface area contributed by atoms with E-state index in [1.807, 2.05) is 24.3 Å². The van der Waals surface area contributed by atoms with Crippen molar-refractivity contribution in [3.8, 4) is 5.75 Å². The predicted molar refractivity (Wildman–Crippen MR) is 69.2 cm³/mol. The molecular weight excluding hydrogens is 246 g/mol. The highest BCUT2D eigenvalue weighted by Crippen LogP contribution is 2.34. The molecular formula is C14H17NO4. The molecule has 0 bridgehead atoms. The van der Waals surface area contributed by atoms with Gasteiger partial charge in [0.25, 0.3) is 0 Å². The Morgan fingerprint density at radius 1 is 1.42 bits per heavy atom. The van der Waals surface area contributed by atoms with E-state index in [1.165, 1.54) is 18.9 Å². The Labute approximate surface area is 111 Å². The maximum absolute atomic E-state index is 12.4. The number of benzene rings is 1. The highest BCUT2D eigenvalue weighted by atomic mass is 16.5. The van der Waals surface area contributed by atoms with E-state index < -0.39 is 12.0 Å². The van der Waals surface area contributed by atoms with Crippen LogP contribution in [0.25, 0.3) is 0 Å². The molecule has 2 atom stereocenters. The Morgan fingerprint density at radius 3 is 2.79 bits per heavy atom. The van der Waals surface area contributed by atoms with Crippen LogP contribution in [0.5, 0.6) is 5.75 Å². The quantitative estimate of drug-likeness (QED) is 0.897. The lowest BCUT2D eigenvalue weighted by Crippen LogP contribution is -2.43. The molecule has 1 aromatic rings. The van der Waals surface area contributed by atoms with Crippen LogP contribution in [0.1, 0.15) is 24.8 Å². The maximum atomic E-state index is 12.4. The number of hydrogen-bond donors (Lipinski definition) is 1. The summed E-state index contributed by atoms with van der Waals surface area (Å²) in [5.74, 6) is -0.790. The van der Waals surface area contributed by atoms with E-state index in [4.69, 9.17) is 9.84 Å². The largest absolute Gasteiger partial charge is 0.493 e. The second kappa shape index (κ2) is 5.30. The van der Waals surface area contributed by atoms with Gasteiger partial charge in [-0.1, -0.05) is 18.2 Å². The van der Waals surface area contributed by atoms with Crippen LogP contribution in [0.3, 0.4) is 0 Å². The molecule has 102 valence electrons. The van der Waals surface area contributed by atoms with Crippen molar-refractivity contribution in [1.82, 2.24) is 4.90 Å². The number of likely N-dealkylation sites (N-methyl/N-ethyl adjacent to an activating group) is 1. The van der Waals surface area contributed by atoms with E-state index in [1.54, 1.807) is 0 Å². The van der Waals surface area contributed by atoms with Gasteiger partial charge in [0.2, 0.25) is 5.91 Å². The first kappa shape index (κ1) is 13.4. The average molecular weight is 263 g/mol. The number of fused-ring (bicyclic) bond motifs is 1. The highest BCUT2D eigenvalue weighted by molar-refractivity contribution is 5.88. The molecule has 0 aromatic heterocycles. The average Bonchev–Trinajstić information content (AvgIpc) is 2.44. The summed E-state index contributed by atoms with van der Waals surface area (Å²) in [6, 6.07) is 6.57. The molecule has 1 aliphatic rings. The molecule has 0 saturated carbocycles. The van der Waals surface area contributed by atoms with E-state index in [-0.39, 0.29) is 11.8 Å². The van der Waals surface area contributed by atoms with Gasteiger partial charge in [0, 0.05) is 12.6 Å². The highest BCUT2D eigenvalue weighted by Gasteiger charge is 2.32. The van der Waals surface area contributed by atoms with Gasteiger partial charge in [0.15, 0.2) is 0 Å². The van der Waals surface area contributed by atoms with Crippen molar-refractivity contribution in [3.05, 3.63) is 29.8 Å². The first-order chi connectivity index (χ1) is 9.02. The van der Waals surface area contributed by atoms with E-state index in [0.717, 1.165) is 5.56 Å². The van der Waals surface area contributed by atoms with Gasteiger partial charge < -0.3 is 14.7 Å². The third-order valence-electron chi connectivity index (χ3n) is 3.54. The number of carbonyl (C=O) groups excluding carboxylic acids is 1. The zero-order valence-corrected chi connectivity index (χ0v) is 11.0. The number of carboxylic acid groups (broad SMARTS) is 1. The van der Waals surface area contributed by atoms with E-state index in [0.29, 0.717) is 18.8 Å². The molecule has 0 radical (unpaired) electrons. The Bertz CT molecular complexity index is 500. The minimum Gasteiger partial charge on any atom is -0.493 e. The van der Waals surface area contributed by atoms with Crippen LogP contribution in [0.2, 0.25) is 0 Å². The van der Waals surface area contributed by atoms with Crippen LogP contribution in [0.4, 0.5) is 0 Å². The lowest BCUT2D eigenvalue weighted by Gasteiger charge is -2.30. The maximum Gasteiger partial charge on any atom is 0.326 e. The van der Waals surface area contributed by atoms with Crippen LogP contribution < -0.4 is 4.74 Å². The number of carbonyl (C=O) groups is 2. The molecule has 1 N–H and O–H groups in total. The Balaban J connectivity index is 2.24. The lowest BCUT2D eigenvalue weighted by molar-refractivity contribution is -0.149. The van der Waals surface area contributed by atoms with Crippen molar-refractivity contribution < 1.29 is 19.4 Å². The summed E-state index contributed by atoms with van der Waals surface area (Å²) in [5, 5.41) is 8.98. The van der Waals surface area contributed by atoms with Gasteiger partial charge in [0.05, 0.1) is 12.5 Å². The zero-order chi connectivity index (χ0) is 14.0. The summed E-state index contributed by atoms with van der Waals surface area (Å²) in [7, 11) is 1.53. The van der Waals surface area contributed by atoms with E-state index >= 15 is 0 Å². The number of para-hydroxylation sites is 1. The molecule has 5 heteroatoms. The first-order valence-corrected chi connectivity index (χ1v) is 6.23. The van der Waals surface area contributed by atoms with Gasteiger partial charge in [-0.25, -0.2) is 4.79 Å². The number of aliphatic carboxylic acids is 1. The third kappa shape index (κ3) is 2.54. The third-order valence-corrected chi connectivity index (χ3v) is 3.54. The molecule has 0 spiro atoms. The van der Waals surface area contributed by atoms with Gasteiger partial charge in [-0.15, -0.1) is 0 Å². The van der Waals surface area contributed by atoms with Crippen LogP contribution >= 0.6 is 0 Å². The van der Waals surface area contributed by atoms with Crippen LogP contribution in [0, 0.1) is 0 Å². The SMILES string of the molecule is CC(C(=O)O)N(C)C(=O)C1CCOc2ccccc21. The Kier molecular flexibility index (Phi) is 3.74. The fraction of sp³-hybridized carbons (Fsp3) is 0.429. The summed E-state index contributed by atoms with van der Waals surface area (Å²) >= 11 is 0. The van der Waals surface area contributed by atoms with Gasteiger partial charge in [0.1, 0.15) is 11.8 Å². The second-order valence-corrected chi connectivity index (χ2v) is 4.69. The normalized spacial score (nSPS) is 18.9. The van der Waals surface area contributed by atoms with E-state index in [9.17, 15) is 9.59 Å². The molecule has 1 heterocycles. The summed E-state index contributed by atoms with van der Waals surface area (Å²) < 4.78 is 5.50. The number of carboxylic acids is 1. The summed E-state index contributed by atoms with van der Waals surface area (Å²) in [5.41, 5.74) is 0.836. The van der Waals surface area contributed by atoms with Crippen LogP contribution in [-0.2, 0) is 9.59 Å². The van der Waals surface area contributed by atoms with Crippen LogP contribution in [0.15, 0.2) is 24.3 Å². The number of rotatable bonds is 3. The van der Waals surface area contributed by atoms with E-state index in [2.05, 4.69) is 0 Å². The smallest absolute Gasteiger partial charge is 0.326 e. The van der Waals surface area contributed by atoms with Crippen LogP contribution in [-0.4, -0.2) is 41.6 Å². The van der Waals surface area contributed by atoms with Gasteiger partial charge >= 0.3 is 5.97 Å². The lowest BCUT2D eigenvalue weighted by atomic mass is 9.91.